The van der Waals surface area contributed by atoms with Crippen LogP contribution in [0, 0.1) is 0 Å². The van der Waals surface area contributed by atoms with Gasteiger partial charge in [0.15, 0.2) is 5.82 Å². The maximum absolute atomic E-state index is 13.6. The molecule has 0 bridgehead atoms. The molecular weight excluding hydrogens is 520 g/mol. The molecule has 0 radical (unpaired) electrons. The van der Waals surface area contributed by atoms with Crippen LogP contribution in [-0.4, -0.2) is 18.4 Å². The average molecular weight is 537 g/mol. The van der Waals surface area contributed by atoms with E-state index < -0.39 is 39.4 Å². The zero-order chi connectivity index (χ0) is 27.0. The van der Waals surface area contributed by atoms with Crippen molar-refractivity contribution in [1.82, 2.24) is 9.97 Å². The Morgan fingerprint density at radius 3 is 1.86 bits per heavy atom. The summed E-state index contributed by atoms with van der Waals surface area (Å²) < 4.78 is 102. The van der Waals surface area contributed by atoms with Crippen LogP contribution in [0.15, 0.2) is 78.9 Å². The van der Waals surface area contributed by atoms with Gasteiger partial charge in [0, 0.05) is 11.1 Å². The van der Waals surface area contributed by atoms with E-state index in [0.29, 0.717) is 22.8 Å². The van der Waals surface area contributed by atoms with E-state index in [0.717, 1.165) is 24.3 Å². The number of primary sulfonamides is 1. The second-order valence-electron chi connectivity index (χ2n) is 8.12. The monoisotopic (exact) mass is 537 g/mol. The summed E-state index contributed by atoms with van der Waals surface area (Å²) >= 11 is 0. The van der Waals surface area contributed by atoms with Crippen molar-refractivity contribution in [3.63, 3.8) is 0 Å². The van der Waals surface area contributed by atoms with Gasteiger partial charge in [-0.3, -0.25) is 0 Å². The van der Waals surface area contributed by atoms with E-state index in [2.05, 4.69) is 9.97 Å². The van der Waals surface area contributed by atoms with Gasteiger partial charge in [0.2, 0.25) is 10.0 Å². The highest BCUT2D eigenvalue weighted by molar-refractivity contribution is 7.88. The third kappa shape index (κ3) is 6.52. The number of aromatic nitrogens is 2. The van der Waals surface area contributed by atoms with E-state index in [4.69, 9.17) is 5.14 Å². The van der Waals surface area contributed by atoms with Gasteiger partial charge in [0.25, 0.3) is 0 Å². The molecule has 0 aliphatic rings. The number of halogens is 6. The van der Waals surface area contributed by atoms with Gasteiger partial charge in [-0.25, -0.2) is 23.5 Å². The summed E-state index contributed by atoms with van der Waals surface area (Å²) in [6, 6.07) is 17.0. The van der Waals surface area contributed by atoms with Crippen LogP contribution in [0.5, 0.6) is 0 Å². The number of hydrogen-bond acceptors (Lipinski definition) is 4. The van der Waals surface area contributed by atoms with Crippen molar-refractivity contribution in [2.24, 2.45) is 5.14 Å². The molecular formula is C25H17F6N3O2S. The number of nitrogens with zero attached hydrogens (tertiary/aromatic N) is 2. The molecule has 0 atom stereocenters. The molecule has 2 N–H and O–H groups in total. The molecule has 4 aromatic rings. The van der Waals surface area contributed by atoms with Crippen molar-refractivity contribution in [3.8, 4) is 33.8 Å². The molecule has 0 aliphatic heterocycles. The summed E-state index contributed by atoms with van der Waals surface area (Å²) in [5.41, 5.74) is -0.588. The predicted molar refractivity (Wildman–Crippen MR) is 125 cm³/mol. The molecule has 0 saturated carbocycles. The Hall–Kier alpha value is -3.77. The third-order valence-electron chi connectivity index (χ3n) is 5.27. The van der Waals surface area contributed by atoms with E-state index in [1.807, 2.05) is 0 Å². The Kier molecular flexibility index (Phi) is 6.82. The molecule has 0 unspecified atom stereocenters. The van der Waals surface area contributed by atoms with E-state index in [1.165, 1.54) is 12.1 Å². The van der Waals surface area contributed by atoms with Crippen LogP contribution in [0.2, 0.25) is 0 Å². The quantitative estimate of drug-likeness (QED) is 0.303. The van der Waals surface area contributed by atoms with Crippen molar-refractivity contribution in [3.05, 3.63) is 95.7 Å². The molecule has 192 valence electrons. The Morgan fingerprint density at radius 1 is 0.676 bits per heavy atom. The molecule has 0 spiro atoms. The Morgan fingerprint density at radius 2 is 1.27 bits per heavy atom. The van der Waals surface area contributed by atoms with Crippen molar-refractivity contribution in [2.45, 2.75) is 18.1 Å². The standard InChI is InChI=1S/C25H17F6N3O2S/c26-24(27,28)20-9-7-16(8-10-20)21-13-22(25(29,30)31)34-23(33-21)19-6-2-5-18(12-19)17-4-1-3-15(11-17)14-37(32,35)36/h1-13H,14H2,(H2,32,35,36). The Bertz CT molecular complexity index is 1550. The minimum absolute atomic E-state index is 0.0500. The number of benzene rings is 3. The lowest BCUT2D eigenvalue weighted by molar-refractivity contribution is -0.141. The smallest absolute Gasteiger partial charge is 0.228 e. The fraction of sp³-hybridized carbons (Fsp3) is 0.120. The summed E-state index contributed by atoms with van der Waals surface area (Å²) in [6.07, 6.45) is -9.43. The van der Waals surface area contributed by atoms with Crippen LogP contribution in [0.4, 0.5) is 26.3 Å². The van der Waals surface area contributed by atoms with Gasteiger partial charge in [-0.1, -0.05) is 54.6 Å². The first-order valence-electron chi connectivity index (χ1n) is 10.5. The number of alkyl halides is 6. The number of sulfonamides is 1. The van der Waals surface area contributed by atoms with E-state index >= 15 is 0 Å². The molecule has 12 heteroatoms. The molecule has 0 saturated heterocycles. The lowest BCUT2D eigenvalue weighted by Crippen LogP contribution is -2.14. The molecule has 1 heterocycles. The second-order valence-corrected chi connectivity index (χ2v) is 9.74. The van der Waals surface area contributed by atoms with E-state index in [1.54, 1.807) is 36.4 Å². The number of hydrogen-bond donors (Lipinski definition) is 1. The molecule has 0 fully saturated rings. The first-order valence-corrected chi connectivity index (χ1v) is 12.2. The van der Waals surface area contributed by atoms with Crippen LogP contribution in [0.3, 0.4) is 0 Å². The fourth-order valence-electron chi connectivity index (χ4n) is 3.61. The first-order chi connectivity index (χ1) is 17.2. The molecule has 0 aliphatic carbocycles. The summed E-state index contributed by atoms with van der Waals surface area (Å²) in [5, 5.41) is 5.11. The maximum atomic E-state index is 13.6. The summed E-state index contributed by atoms with van der Waals surface area (Å²) in [6.45, 7) is 0. The Labute approximate surface area is 207 Å². The Balaban J connectivity index is 1.78. The topological polar surface area (TPSA) is 85.9 Å². The molecule has 5 nitrogen and oxygen atoms in total. The highest BCUT2D eigenvalue weighted by atomic mass is 32.2. The van der Waals surface area contributed by atoms with Crippen LogP contribution < -0.4 is 5.14 Å². The molecule has 1 aromatic heterocycles. The van der Waals surface area contributed by atoms with Gasteiger partial charge in [-0.2, -0.15) is 26.3 Å². The number of rotatable bonds is 5. The van der Waals surface area contributed by atoms with E-state index in [-0.39, 0.29) is 22.6 Å². The van der Waals surface area contributed by atoms with Crippen molar-refractivity contribution in [2.75, 3.05) is 0 Å². The molecule has 37 heavy (non-hydrogen) atoms. The largest absolute Gasteiger partial charge is 0.433 e. The zero-order valence-corrected chi connectivity index (χ0v) is 19.5. The molecule has 4 rings (SSSR count). The van der Waals surface area contributed by atoms with Gasteiger partial charge in [-0.05, 0) is 41.0 Å². The fourth-order valence-corrected chi connectivity index (χ4v) is 4.25. The number of nitrogens with two attached hydrogens (primary N) is 1. The summed E-state index contributed by atoms with van der Waals surface area (Å²) in [5.74, 6) is -0.680. The van der Waals surface area contributed by atoms with Gasteiger partial charge in [-0.15, -0.1) is 0 Å². The van der Waals surface area contributed by atoms with Crippen LogP contribution >= 0.6 is 0 Å². The van der Waals surface area contributed by atoms with Crippen molar-refractivity contribution < 1.29 is 34.8 Å². The van der Waals surface area contributed by atoms with Gasteiger partial charge in [0.05, 0.1) is 17.0 Å². The normalized spacial score (nSPS) is 12.5. The minimum Gasteiger partial charge on any atom is -0.228 e. The predicted octanol–water partition coefficient (Wildman–Crippen LogP) is 6.30. The average Bonchev–Trinajstić information content (AvgIpc) is 2.82. The highest BCUT2D eigenvalue weighted by Crippen LogP contribution is 2.35. The minimum atomic E-state index is -4.84. The zero-order valence-electron chi connectivity index (χ0n) is 18.7. The van der Waals surface area contributed by atoms with Crippen LogP contribution in [0.25, 0.3) is 33.8 Å². The van der Waals surface area contributed by atoms with E-state index in [9.17, 15) is 34.8 Å². The van der Waals surface area contributed by atoms with Crippen LogP contribution in [-0.2, 0) is 28.1 Å². The lowest BCUT2D eigenvalue weighted by atomic mass is 10.0. The van der Waals surface area contributed by atoms with Gasteiger partial charge in [0.1, 0.15) is 5.69 Å². The van der Waals surface area contributed by atoms with Crippen LogP contribution in [0.1, 0.15) is 16.8 Å². The molecule has 3 aromatic carbocycles. The SMILES string of the molecule is NS(=O)(=O)Cc1cccc(-c2cccc(-c3nc(-c4ccc(C(F)(F)F)cc4)cc(C(F)(F)F)n3)c2)c1. The first kappa shape index (κ1) is 26.3. The van der Waals surface area contributed by atoms with Crippen molar-refractivity contribution in [1.29, 1.82) is 0 Å². The summed E-state index contributed by atoms with van der Waals surface area (Å²) in [4.78, 5) is 7.84. The summed E-state index contributed by atoms with van der Waals surface area (Å²) in [7, 11) is -3.78. The lowest BCUT2D eigenvalue weighted by Gasteiger charge is -2.13. The van der Waals surface area contributed by atoms with Gasteiger partial charge < -0.3 is 0 Å². The maximum Gasteiger partial charge on any atom is 0.433 e. The van der Waals surface area contributed by atoms with Gasteiger partial charge >= 0.3 is 12.4 Å². The third-order valence-corrected chi connectivity index (χ3v) is 6.01. The second kappa shape index (κ2) is 9.60. The van der Waals surface area contributed by atoms with Crippen molar-refractivity contribution >= 4 is 10.0 Å². The highest BCUT2D eigenvalue weighted by Gasteiger charge is 2.34. The molecule has 0 amide bonds.